The fourth-order valence-electron chi connectivity index (χ4n) is 5.13. The van der Waals surface area contributed by atoms with E-state index in [1.54, 1.807) is 35.3 Å². The van der Waals surface area contributed by atoms with Crippen LogP contribution >= 0.6 is 22.7 Å². The van der Waals surface area contributed by atoms with Crippen LogP contribution in [0.3, 0.4) is 0 Å². The van der Waals surface area contributed by atoms with Gasteiger partial charge in [0.25, 0.3) is 0 Å². The number of nitrogens with zero attached hydrogens (tertiary/aromatic N) is 12. The monoisotopic (exact) mass is 678 g/mol. The summed E-state index contributed by atoms with van der Waals surface area (Å²) in [4.78, 5) is 27.3. The SMILES string of the molecule is CN1CCN(c2ncc(-c3cccs3)c3ncnn23)CC1.CO.[B].[C-]#N.[Na+].c1csc(-c2cnc(N3CCNCC3)n3ncnc23)c1. The molecule has 47 heavy (non-hydrogen) atoms. The minimum atomic E-state index is 0. The molecule has 2 aliphatic rings. The smallest absolute Gasteiger partial charge is 0.512 e. The van der Waals surface area contributed by atoms with Gasteiger partial charge in [0.2, 0.25) is 11.9 Å². The summed E-state index contributed by atoms with van der Waals surface area (Å²) in [6, 6.07) is 8.26. The molecule has 6 aromatic heterocycles. The number of aliphatic hydroxyl groups excluding tert-OH is 1. The first-order chi connectivity index (χ1) is 22.3. The predicted molar refractivity (Wildman–Crippen MR) is 182 cm³/mol. The predicted octanol–water partition coefficient (Wildman–Crippen LogP) is -0.805. The van der Waals surface area contributed by atoms with Crippen LogP contribution in [0.5, 0.6) is 0 Å². The summed E-state index contributed by atoms with van der Waals surface area (Å²) in [5.74, 6) is 1.76. The van der Waals surface area contributed by atoms with E-state index in [1.807, 2.05) is 33.6 Å². The number of likely N-dealkylation sites (N-methyl/N-ethyl adjacent to an activating group) is 1. The Bertz CT molecular complexity index is 1780. The molecule has 2 fully saturated rings. The zero-order chi connectivity index (χ0) is 31.6. The first kappa shape index (κ1) is 38.0. The molecular weight excluding hydrogens is 644 g/mol. The Hall–Kier alpha value is -3.47. The molecule has 2 saturated heterocycles. The number of anilines is 2. The molecule has 3 radical (unpaired) electrons. The maximum atomic E-state index is 7.00. The number of nitrogens with one attached hydrogen (secondary N) is 1. The van der Waals surface area contributed by atoms with Crippen LogP contribution in [0.15, 0.2) is 60.1 Å². The second kappa shape index (κ2) is 18.8. The van der Waals surface area contributed by atoms with Crippen LogP contribution in [0.2, 0.25) is 0 Å². The van der Waals surface area contributed by atoms with E-state index >= 15 is 0 Å². The number of rotatable bonds is 4. The number of hydrogen-bond acceptors (Lipinski definition) is 14. The van der Waals surface area contributed by atoms with Gasteiger partial charge in [0.05, 0.1) is 11.1 Å². The van der Waals surface area contributed by atoms with Crippen molar-refractivity contribution in [1.82, 2.24) is 49.4 Å². The summed E-state index contributed by atoms with van der Waals surface area (Å²) in [6.07, 6.45) is 7.03. The molecule has 0 saturated carbocycles. The normalized spacial score (nSPS) is 14.4. The molecule has 0 bridgehead atoms. The Morgan fingerprint density at radius 3 is 1.60 bits per heavy atom. The number of fused-ring (bicyclic) bond motifs is 2. The number of thiophene rings is 2. The number of piperazine rings is 2. The summed E-state index contributed by atoms with van der Waals surface area (Å²) < 4.78 is 3.71. The van der Waals surface area contributed by atoms with E-state index in [4.69, 9.17) is 16.9 Å². The van der Waals surface area contributed by atoms with E-state index in [9.17, 15) is 0 Å². The molecule has 0 aromatic carbocycles. The first-order valence-electron chi connectivity index (χ1n) is 14.3. The van der Waals surface area contributed by atoms with Crippen molar-refractivity contribution in [2.75, 3.05) is 76.3 Å². The quantitative estimate of drug-likeness (QED) is 0.177. The van der Waals surface area contributed by atoms with Crippen molar-refractivity contribution in [3.63, 3.8) is 0 Å². The van der Waals surface area contributed by atoms with Gasteiger partial charge >= 0.3 is 29.6 Å². The molecule has 8 heterocycles. The topological polar surface area (TPSA) is 152 Å². The van der Waals surface area contributed by atoms with Gasteiger partial charge in [-0.1, -0.05) is 12.1 Å². The van der Waals surface area contributed by atoms with Gasteiger partial charge in [0, 0.05) is 90.0 Å². The summed E-state index contributed by atoms with van der Waals surface area (Å²) >= 11 is 3.39. The van der Waals surface area contributed by atoms with Crippen molar-refractivity contribution in [2.24, 2.45) is 0 Å². The van der Waals surface area contributed by atoms with Crippen LogP contribution in [0, 0.1) is 11.8 Å². The summed E-state index contributed by atoms with van der Waals surface area (Å²) in [5.41, 5.74) is 3.83. The van der Waals surface area contributed by atoms with Crippen molar-refractivity contribution in [2.45, 2.75) is 0 Å². The molecule has 14 nitrogen and oxygen atoms in total. The van der Waals surface area contributed by atoms with E-state index in [1.165, 1.54) is 9.75 Å². The van der Waals surface area contributed by atoms with Crippen LogP contribution in [-0.4, -0.2) is 124 Å². The zero-order valence-corrected chi connectivity index (χ0v) is 30.3. The molecule has 0 aliphatic carbocycles. The zero-order valence-electron chi connectivity index (χ0n) is 26.6. The molecule has 8 rings (SSSR count). The van der Waals surface area contributed by atoms with Crippen molar-refractivity contribution in [1.29, 1.82) is 5.26 Å². The number of hydrogen-bond donors (Lipinski definition) is 2. The number of aromatic nitrogens is 8. The summed E-state index contributed by atoms with van der Waals surface area (Å²) in [7, 11) is 3.15. The molecule has 0 spiro atoms. The standard InChI is InChI=1S/C14H16N6S.C13H14N6S.CN.CH4O.B.Na/c1-18-4-6-19(7-5-18)14-15-9-11(12-3-2-8-21-12)13-16-10-17-20(13)14;1-2-11(20-7-1)10-8-15-13(18-5-3-14-4-6-18)19-12(10)16-9-17-19;2*1-2;;/h2-3,8-10H,4-7H2,1H3;1-2,7-9,14H,3-6H2;;2H,1H3;;/q;;-1;;;+1. The molecule has 0 atom stereocenters. The Balaban J connectivity index is 0.000000223. The fourth-order valence-corrected chi connectivity index (χ4v) is 6.59. The molecule has 2 N–H and O–H groups in total. The second-order valence-electron chi connectivity index (χ2n) is 9.92. The number of aliphatic hydroxyl groups is 1. The van der Waals surface area contributed by atoms with Crippen LogP contribution in [0.4, 0.5) is 11.9 Å². The third-order valence-corrected chi connectivity index (χ3v) is 9.14. The van der Waals surface area contributed by atoms with Crippen molar-refractivity contribution in [3.8, 4) is 20.9 Å². The van der Waals surface area contributed by atoms with Gasteiger partial charge < -0.3 is 37.0 Å². The minimum absolute atomic E-state index is 0. The average Bonchev–Trinajstić information content (AvgIpc) is 3.95. The molecule has 0 unspecified atom stereocenters. The van der Waals surface area contributed by atoms with E-state index in [-0.39, 0.29) is 38.0 Å². The Morgan fingerprint density at radius 2 is 1.17 bits per heavy atom. The third kappa shape index (κ3) is 8.53. The van der Waals surface area contributed by atoms with Crippen LogP contribution in [-0.2, 0) is 0 Å². The van der Waals surface area contributed by atoms with E-state index in [0.717, 1.165) is 93.8 Å². The first-order valence-corrected chi connectivity index (χ1v) is 16.0. The molecule has 237 valence electrons. The minimum Gasteiger partial charge on any atom is -0.512 e. The summed E-state index contributed by atoms with van der Waals surface area (Å²) in [5, 5.41) is 29.5. The van der Waals surface area contributed by atoms with Crippen LogP contribution < -0.4 is 44.7 Å². The molecular formula is C29H34BN13NaOS2. The van der Waals surface area contributed by atoms with Gasteiger partial charge in [-0.3, -0.25) is 0 Å². The average molecular weight is 679 g/mol. The van der Waals surface area contributed by atoms with Crippen molar-refractivity contribution < 1.29 is 34.7 Å². The van der Waals surface area contributed by atoms with Crippen LogP contribution in [0.25, 0.3) is 32.2 Å². The van der Waals surface area contributed by atoms with Gasteiger partial charge in [-0.05, 0) is 29.9 Å². The van der Waals surface area contributed by atoms with E-state index < -0.39 is 0 Å². The summed E-state index contributed by atoms with van der Waals surface area (Å²) in [6.45, 7) is 12.6. The molecule has 2 aliphatic heterocycles. The molecule has 6 aromatic rings. The molecule has 18 heteroatoms. The second-order valence-corrected chi connectivity index (χ2v) is 11.8. The Labute approximate surface area is 305 Å². The van der Waals surface area contributed by atoms with Crippen LogP contribution in [0.1, 0.15) is 0 Å². The van der Waals surface area contributed by atoms with Gasteiger partial charge in [0.1, 0.15) is 12.7 Å². The van der Waals surface area contributed by atoms with E-state index in [2.05, 4.69) is 80.1 Å². The van der Waals surface area contributed by atoms with Gasteiger partial charge in [-0.15, -0.1) is 22.7 Å². The maximum Gasteiger partial charge on any atom is 1.00 e. The van der Waals surface area contributed by atoms with Gasteiger partial charge in [-0.2, -0.15) is 19.2 Å². The van der Waals surface area contributed by atoms with Crippen molar-refractivity contribution >= 4 is 54.3 Å². The molecule has 0 amide bonds. The van der Waals surface area contributed by atoms with E-state index in [0.29, 0.717) is 0 Å². The van der Waals surface area contributed by atoms with Crippen molar-refractivity contribution in [3.05, 3.63) is 66.6 Å². The fraction of sp³-hybridized carbons (Fsp3) is 0.345. The van der Waals surface area contributed by atoms with Gasteiger partial charge in [0.15, 0.2) is 11.3 Å². The maximum absolute atomic E-state index is 7.00. The Morgan fingerprint density at radius 1 is 0.723 bits per heavy atom. The largest absolute Gasteiger partial charge is 1.00 e. The van der Waals surface area contributed by atoms with Gasteiger partial charge in [-0.25, -0.2) is 19.9 Å². The third-order valence-electron chi connectivity index (χ3n) is 7.33. The Kier molecular flexibility index (Phi) is 15.2.